The van der Waals surface area contributed by atoms with E-state index in [4.69, 9.17) is 9.26 Å². The summed E-state index contributed by atoms with van der Waals surface area (Å²) in [7, 11) is 3.68. The number of nitrogens with zero attached hydrogens (tertiary/aromatic N) is 3. The molecule has 0 saturated heterocycles. The number of nitrogens with one attached hydrogen (secondary N) is 1. The van der Waals surface area contributed by atoms with Crippen LogP contribution in [-0.2, 0) is 11.2 Å². The van der Waals surface area contributed by atoms with Gasteiger partial charge < -0.3 is 19.5 Å². The van der Waals surface area contributed by atoms with Crippen LogP contribution in [0, 0.1) is 0 Å². The first-order valence-corrected chi connectivity index (χ1v) is 8.28. The van der Waals surface area contributed by atoms with E-state index in [1.165, 1.54) is 0 Å². The summed E-state index contributed by atoms with van der Waals surface area (Å²) in [5, 5.41) is 6.86. The molecule has 7 heteroatoms. The van der Waals surface area contributed by atoms with E-state index < -0.39 is 0 Å². The van der Waals surface area contributed by atoms with Crippen LogP contribution in [0.2, 0.25) is 0 Å². The van der Waals surface area contributed by atoms with Gasteiger partial charge in [0.25, 0.3) is 0 Å². The Kier molecular flexibility index (Phi) is 5.45. The summed E-state index contributed by atoms with van der Waals surface area (Å²) in [4.78, 5) is 18.7. The van der Waals surface area contributed by atoms with Gasteiger partial charge in [0.2, 0.25) is 11.8 Å². The molecule has 0 radical (unpaired) electrons. The molecule has 2 aromatic rings. The number of methoxy groups -OCH3 is 1. The summed E-state index contributed by atoms with van der Waals surface area (Å²) in [6.45, 7) is 1.88. The van der Waals surface area contributed by atoms with Crippen molar-refractivity contribution in [1.82, 2.24) is 15.0 Å². The average Bonchev–Trinajstić information content (AvgIpc) is 3.10. The van der Waals surface area contributed by atoms with Gasteiger partial charge in [-0.25, -0.2) is 0 Å². The number of carbonyl (C=O) groups is 1. The quantitative estimate of drug-likeness (QED) is 0.868. The predicted octanol–water partition coefficient (Wildman–Crippen LogP) is 2.37. The van der Waals surface area contributed by atoms with E-state index in [0.717, 1.165) is 36.5 Å². The molecule has 0 atom stereocenters. The van der Waals surface area contributed by atoms with Crippen LogP contribution >= 0.6 is 0 Å². The second-order valence-corrected chi connectivity index (χ2v) is 6.03. The maximum atomic E-state index is 12.0. The average molecular weight is 342 g/mol. The first-order valence-electron chi connectivity index (χ1n) is 8.28. The Morgan fingerprint density at radius 1 is 1.36 bits per heavy atom. The van der Waals surface area contributed by atoms with Crippen LogP contribution in [0.5, 0.6) is 5.75 Å². The van der Waals surface area contributed by atoms with E-state index >= 15 is 0 Å². The molecule has 1 N–H and O–H groups in total. The number of carbonyl (C=O) groups excluding carboxylic acids is 1. The lowest BCUT2D eigenvalue weighted by molar-refractivity contribution is -0.116. The molecule has 25 heavy (non-hydrogen) atoms. The number of hydrogen-bond donors (Lipinski definition) is 1. The Labute approximate surface area is 146 Å². The first kappa shape index (κ1) is 17.2. The van der Waals surface area contributed by atoms with Crippen LogP contribution in [0.25, 0.3) is 5.57 Å². The molecule has 3 rings (SSSR count). The minimum atomic E-state index is -0.0941. The zero-order valence-electron chi connectivity index (χ0n) is 14.5. The Morgan fingerprint density at radius 3 is 2.84 bits per heavy atom. The van der Waals surface area contributed by atoms with Crippen LogP contribution in [0.1, 0.15) is 24.6 Å². The van der Waals surface area contributed by atoms with Gasteiger partial charge in [-0.1, -0.05) is 11.2 Å². The summed E-state index contributed by atoms with van der Waals surface area (Å²) < 4.78 is 10.4. The lowest BCUT2D eigenvalue weighted by Gasteiger charge is -2.19. The van der Waals surface area contributed by atoms with Gasteiger partial charge in [-0.15, -0.1) is 0 Å². The summed E-state index contributed by atoms with van der Waals surface area (Å²) in [6.07, 6.45) is 3.74. The molecule has 1 aliphatic heterocycles. The lowest BCUT2D eigenvalue weighted by Crippen LogP contribution is -2.23. The number of aryl methyl sites for hydroxylation is 1. The van der Waals surface area contributed by atoms with Gasteiger partial charge in [0.15, 0.2) is 5.82 Å². The highest BCUT2D eigenvalue weighted by atomic mass is 16.5. The zero-order chi connectivity index (χ0) is 17.6. The molecular formula is C18H22N4O3. The molecule has 0 aliphatic carbocycles. The second kappa shape index (κ2) is 7.94. The van der Waals surface area contributed by atoms with Crippen LogP contribution in [0.4, 0.5) is 5.69 Å². The number of hydrogen-bond acceptors (Lipinski definition) is 6. The molecule has 0 saturated carbocycles. The molecule has 1 aromatic carbocycles. The van der Waals surface area contributed by atoms with E-state index in [9.17, 15) is 4.79 Å². The summed E-state index contributed by atoms with van der Waals surface area (Å²) >= 11 is 0. The number of rotatable bonds is 6. The molecule has 0 fully saturated rings. The molecule has 1 aliphatic rings. The maximum absolute atomic E-state index is 12.0. The van der Waals surface area contributed by atoms with E-state index in [-0.39, 0.29) is 12.3 Å². The van der Waals surface area contributed by atoms with Gasteiger partial charge >= 0.3 is 0 Å². The van der Waals surface area contributed by atoms with Crippen LogP contribution in [-0.4, -0.2) is 48.2 Å². The lowest BCUT2D eigenvalue weighted by atomic mass is 10.1. The van der Waals surface area contributed by atoms with Crippen molar-refractivity contribution in [3.8, 4) is 5.75 Å². The van der Waals surface area contributed by atoms with E-state index in [2.05, 4.69) is 33.5 Å². The highest BCUT2D eigenvalue weighted by Gasteiger charge is 2.16. The molecule has 0 spiro atoms. The number of anilines is 1. The topological polar surface area (TPSA) is 80.5 Å². The van der Waals surface area contributed by atoms with Gasteiger partial charge in [-0.3, -0.25) is 4.79 Å². The van der Waals surface area contributed by atoms with Crippen molar-refractivity contribution in [2.24, 2.45) is 0 Å². The van der Waals surface area contributed by atoms with Crippen molar-refractivity contribution < 1.29 is 14.1 Å². The fourth-order valence-corrected chi connectivity index (χ4v) is 2.58. The van der Waals surface area contributed by atoms with Gasteiger partial charge in [0.1, 0.15) is 5.75 Å². The Hall–Kier alpha value is -2.67. The fraction of sp³-hybridized carbons (Fsp3) is 0.389. The molecular weight excluding hydrogens is 320 g/mol. The third-order valence-electron chi connectivity index (χ3n) is 4.11. The SMILES string of the molecule is COc1ccc(NC(=O)CCc2nc(C3=CCN(C)CC3)no2)cc1. The smallest absolute Gasteiger partial charge is 0.227 e. The van der Waals surface area contributed by atoms with Gasteiger partial charge in [-0.05, 0) is 43.3 Å². The summed E-state index contributed by atoms with van der Waals surface area (Å²) in [5.74, 6) is 1.78. The van der Waals surface area contributed by atoms with Crippen molar-refractivity contribution >= 4 is 17.2 Å². The maximum Gasteiger partial charge on any atom is 0.227 e. The van der Waals surface area contributed by atoms with Crippen LogP contribution in [0.15, 0.2) is 34.9 Å². The molecule has 132 valence electrons. The summed E-state index contributed by atoms with van der Waals surface area (Å²) in [6, 6.07) is 7.20. The van der Waals surface area contributed by atoms with Crippen molar-refractivity contribution in [1.29, 1.82) is 0 Å². The Morgan fingerprint density at radius 2 is 2.16 bits per heavy atom. The standard InChI is InChI=1S/C18H22N4O3/c1-22-11-9-13(10-12-22)18-20-17(25-21-18)8-7-16(23)19-14-3-5-15(24-2)6-4-14/h3-6,9H,7-8,10-12H2,1-2H3,(H,19,23). The number of aromatic nitrogens is 2. The van der Waals surface area contributed by atoms with Gasteiger partial charge in [-0.2, -0.15) is 4.98 Å². The van der Waals surface area contributed by atoms with Crippen LogP contribution in [0.3, 0.4) is 0 Å². The third-order valence-corrected chi connectivity index (χ3v) is 4.11. The van der Waals surface area contributed by atoms with E-state index in [1.54, 1.807) is 31.4 Å². The highest BCUT2D eigenvalue weighted by Crippen LogP contribution is 2.19. The monoisotopic (exact) mass is 342 g/mol. The molecule has 0 unspecified atom stereocenters. The highest BCUT2D eigenvalue weighted by molar-refractivity contribution is 5.90. The van der Waals surface area contributed by atoms with E-state index in [1.807, 2.05) is 0 Å². The van der Waals surface area contributed by atoms with Gasteiger partial charge in [0.05, 0.1) is 7.11 Å². The van der Waals surface area contributed by atoms with Crippen molar-refractivity contribution in [2.45, 2.75) is 19.3 Å². The Balaban J connectivity index is 1.50. The Bertz CT molecular complexity index is 752. The van der Waals surface area contributed by atoms with Crippen molar-refractivity contribution in [3.05, 3.63) is 42.1 Å². The normalized spacial score (nSPS) is 14.9. The molecule has 1 amide bonds. The third kappa shape index (κ3) is 4.67. The zero-order valence-corrected chi connectivity index (χ0v) is 14.5. The van der Waals surface area contributed by atoms with Crippen molar-refractivity contribution in [2.75, 3.05) is 32.6 Å². The largest absolute Gasteiger partial charge is 0.497 e. The number of ether oxygens (including phenoxy) is 1. The number of benzene rings is 1. The molecule has 1 aromatic heterocycles. The first-order chi connectivity index (χ1) is 12.1. The molecule has 7 nitrogen and oxygen atoms in total. The van der Waals surface area contributed by atoms with Crippen LogP contribution < -0.4 is 10.1 Å². The minimum absolute atomic E-state index is 0.0941. The van der Waals surface area contributed by atoms with E-state index in [0.29, 0.717) is 18.1 Å². The molecule has 0 bridgehead atoms. The minimum Gasteiger partial charge on any atom is -0.497 e. The number of likely N-dealkylation sites (N-methyl/N-ethyl adjacent to an activating group) is 1. The predicted molar refractivity (Wildman–Crippen MR) is 94.3 cm³/mol. The second-order valence-electron chi connectivity index (χ2n) is 6.03. The number of amides is 1. The summed E-state index contributed by atoms with van der Waals surface area (Å²) in [5.41, 5.74) is 1.84. The fourth-order valence-electron chi connectivity index (χ4n) is 2.58. The molecule has 2 heterocycles. The van der Waals surface area contributed by atoms with Gasteiger partial charge in [0, 0.05) is 31.6 Å². The van der Waals surface area contributed by atoms with Crippen molar-refractivity contribution in [3.63, 3.8) is 0 Å².